The lowest BCUT2D eigenvalue weighted by Crippen LogP contribution is -2.58. The first kappa shape index (κ1) is 68.9. The average molecular weight is 1190 g/mol. The molecule has 0 spiro atoms. The number of halogens is 2. The summed E-state index contributed by atoms with van der Waals surface area (Å²) < 4.78 is 31.8. The molecular weight excluding hydrogens is 1110 g/mol. The Morgan fingerprint density at radius 2 is 1.45 bits per heavy atom. The molecular formula is C58H78F2N10O15. The molecule has 1 aliphatic heterocycles. The lowest BCUT2D eigenvalue weighted by molar-refractivity contribution is -0.143. The van der Waals surface area contributed by atoms with Crippen molar-refractivity contribution in [2.45, 2.75) is 149 Å². The van der Waals surface area contributed by atoms with E-state index in [0.29, 0.717) is 25.0 Å². The Hall–Kier alpha value is -8.62. The summed E-state index contributed by atoms with van der Waals surface area (Å²) in [5.41, 5.74) is 5.88. The molecule has 0 saturated carbocycles. The number of amides is 10. The van der Waals surface area contributed by atoms with E-state index in [9.17, 15) is 72.1 Å². The molecule has 464 valence electrons. The van der Waals surface area contributed by atoms with E-state index in [1.807, 2.05) is 12.1 Å². The van der Waals surface area contributed by atoms with Gasteiger partial charge >= 0.3 is 11.9 Å². The number of aromatic nitrogens is 1. The van der Waals surface area contributed by atoms with Gasteiger partial charge < -0.3 is 62.0 Å². The molecule has 25 nitrogen and oxygen atoms in total. The second kappa shape index (κ2) is 31.9. The molecule has 27 heteroatoms. The zero-order chi connectivity index (χ0) is 63.5. The predicted octanol–water partition coefficient (Wildman–Crippen LogP) is 1.87. The molecule has 4 rings (SSSR count). The van der Waals surface area contributed by atoms with Crippen molar-refractivity contribution >= 4 is 71.0 Å². The molecule has 0 bridgehead atoms. The summed E-state index contributed by atoms with van der Waals surface area (Å²) in [4.78, 5) is 159. The van der Waals surface area contributed by atoms with Crippen molar-refractivity contribution in [2.75, 3.05) is 33.3 Å². The summed E-state index contributed by atoms with van der Waals surface area (Å²) in [6.07, 6.45) is 0.160. The Labute approximate surface area is 490 Å². The van der Waals surface area contributed by atoms with E-state index >= 15 is 4.39 Å². The van der Waals surface area contributed by atoms with Crippen LogP contribution in [0.2, 0.25) is 0 Å². The summed E-state index contributed by atoms with van der Waals surface area (Å²) in [5, 5.41) is 41.2. The molecule has 1 aliphatic rings. The third kappa shape index (κ3) is 20.6. The molecule has 1 saturated heterocycles. The van der Waals surface area contributed by atoms with Crippen molar-refractivity contribution < 1.29 is 81.6 Å². The van der Waals surface area contributed by atoms with Crippen LogP contribution in [0, 0.1) is 23.0 Å². The number of likely N-dealkylation sites (N-methyl/N-ethyl adjacent to an activating group) is 1. The number of nitrogens with two attached hydrogens (primary N) is 1. The van der Waals surface area contributed by atoms with Crippen molar-refractivity contribution in [2.24, 2.45) is 17.1 Å². The Balaban J connectivity index is 1.60. The van der Waals surface area contributed by atoms with Gasteiger partial charge in [0.05, 0.1) is 12.5 Å². The van der Waals surface area contributed by atoms with Gasteiger partial charge in [-0.15, -0.1) is 0 Å². The number of carbonyl (C=O) groups excluding carboxylic acids is 10. The number of likely N-dealkylation sites (tertiary alicyclic amines) is 1. The minimum atomic E-state index is -1.82. The summed E-state index contributed by atoms with van der Waals surface area (Å²) in [7, 11) is 1.25. The first-order valence-electron chi connectivity index (χ1n) is 27.8. The average Bonchev–Trinajstić information content (AvgIpc) is 2.13. The fourth-order valence-electron chi connectivity index (χ4n) is 9.69. The molecule has 2 heterocycles. The van der Waals surface area contributed by atoms with Crippen LogP contribution in [0.1, 0.15) is 123 Å². The Morgan fingerprint density at radius 3 is 2.05 bits per heavy atom. The van der Waals surface area contributed by atoms with E-state index in [1.165, 1.54) is 30.7 Å². The maximum Gasteiger partial charge on any atom is 0.326 e. The minimum Gasteiger partial charge on any atom is -0.481 e. The number of aliphatic carboxylic acids is 2. The first-order valence-corrected chi connectivity index (χ1v) is 27.8. The number of carbonyl (C=O) groups is 12. The van der Waals surface area contributed by atoms with Gasteiger partial charge in [0.25, 0.3) is 0 Å². The van der Waals surface area contributed by atoms with Crippen molar-refractivity contribution in [3.05, 3.63) is 83.7 Å². The molecule has 3 aromatic rings. The van der Waals surface area contributed by atoms with Crippen molar-refractivity contribution in [3.8, 4) is 11.1 Å². The highest BCUT2D eigenvalue weighted by Gasteiger charge is 2.40. The van der Waals surface area contributed by atoms with Crippen molar-refractivity contribution in [3.63, 3.8) is 0 Å². The number of unbranched alkanes of at least 4 members (excludes halogenated alkanes) is 2. The summed E-state index contributed by atoms with van der Waals surface area (Å²) >= 11 is 0. The standard InChI is InChI=1S/C58H78F2N10O15/c1-33-26-48(75)70(55(33)82)24-13-9-12-16-46(73)63-34(2)56(83)67(7)35(3)52(79)66-43(29-45(61)72)54(81)65-41(53(80)62-23-21-47(74)64-42(57(84)85)19-20-50(77)78)22-25-69(49(76)32-71)51(58(4,5)6)44-27-37(39-28-38(59)17-18-40(39)60)31-68(44)30-36-14-10-8-11-15-36/h8,10-11,14-15,17-18,27-28,31,33-35,41-43,51,71H,9,12-13,16,19-26,29-30,32H2,1-7H3,(H2,61,72)(H,62,80)(H,63,73)(H,64,74)(H,65,81)(H,66,79)(H,77,78)(H,84,85)/t33?,34-,35-,41-,42+,43-,51-/m0/s1. The Morgan fingerprint density at radius 1 is 0.788 bits per heavy atom. The van der Waals surface area contributed by atoms with E-state index in [4.69, 9.17) is 10.8 Å². The number of aliphatic hydroxyl groups is 1. The van der Waals surface area contributed by atoms with E-state index in [0.717, 1.165) is 28.7 Å². The molecule has 85 heavy (non-hydrogen) atoms. The third-order valence-corrected chi connectivity index (χ3v) is 14.3. The highest BCUT2D eigenvalue weighted by atomic mass is 19.1. The number of rotatable bonds is 33. The maximum absolute atomic E-state index is 15.4. The highest BCUT2D eigenvalue weighted by Crippen LogP contribution is 2.41. The van der Waals surface area contributed by atoms with Gasteiger partial charge in [0.15, 0.2) is 0 Å². The number of carboxylic acid groups (broad SMARTS) is 2. The molecule has 10 N–H and O–H groups in total. The Bertz CT molecular complexity index is 2930. The SMILES string of the molecule is CC1CC(=O)N(CCCCCC(=O)N[C@@H](C)C(=O)N(C)[C@@H](C)C(=O)N[C@@H](CC(N)=O)C(=O)N[C@@H](CCN(C(=O)CO)[C@@H](c2cc(-c3cc(F)ccc3F)cn2Cc2ccccc2)C(C)(C)C)C(=O)NCCC(=O)N[C@H](CCC(=O)O)C(=O)O)C1=O. The highest BCUT2D eigenvalue weighted by molar-refractivity contribution is 6.03. The third-order valence-electron chi connectivity index (χ3n) is 14.3. The second-order valence-corrected chi connectivity index (χ2v) is 22.1. The van der Waals surface area contributed by atoms with E-state index in [2.05, 4.69) is 26.6 Å². The van der Waals surface area contributed by atoms with Gasteiger partial charge in [0, 0.05) is 87.8 Å². The molecule has 7 atom stereocenters. The van der Waals surface area contributed by atoms with Crippen LogP contribution >= 0.6 is 0 Å². The number of benzene rings is 2. The van der Waals surface area contributed by atoms with Gasteiger partial charge in [-0.3, -0.25) is 57.6 Å². The number of aliphatic hydroxyl groups excluding tert-OH is 1. The summed E-state index contributed by atoms with van der Waals surface area (Å²) in [5.74, 6) is -12.4. The minimum absolute atomic E-state index is 0.00829. The van der Waals surface area contributed by atoms with Gasteiger partial charge in [-0.2, -0.15) is 0 Å². The lowest BCUT2D eigenvalue weighted by Gasteiger charge is -2.41. The monoisotopic (exact) mass is 1190 g/mol. The largest absolute Gasteiger partial charge is 0.481 e. The van der Waals surface area contributed by atoms with Crippen LogP contribution in [0.25, 0.3) is 11.1 Å². The second-order valence-electron chi connectivity index (χ2n) is 22.1. The number of imide groups is 1. The topological polar surface area (TPSA) is 366 Å². The van der Waals surface area contributed by atoms with E-state index < -0.39 is 164 Å². The number of carboxylic acids is 2. The molecule has 10 amide bonds. The van der Waals surface area contributed by atoms with Gasteiger partial charge in [0.1, 0.15) is 48.5 Å². The smallest absolute Gasteiger partial charge is 0.326 e. The van der Waals surface area contributed by atoms with Gasteiger partial charge in [-0.1, -0.05) is 64.4 Å². The summed E-state index contributed by atoms with van der Waals surface area (Å²) in [6, 6.07) is 4.86. The van der Waals surface area contributed by atoms with E-state index in [-0.39, 0.29) is 54.8 Å². The van der Waals surface area contributed by atoms with Gasteiger partial charge in [-0.25, -0.2) is 13.6 Å². The van der Waals surface area contributed by atoms with Crippen molar-refractivity contribution in [1.29, 1.82) is 0 Å². The van der Waals surface area contributed by atoms with E-state index in [1.54, 1.807) is 62.7 Å². The number of nitrogens with zero attached hydrogens (tertiary/aromatic N) is 4. The number of hydrogen-bond donors (Lipinski definition) is 9. The lowest BCUT2D eigenvalue weighted by atomic mass is 9.82. The molecule has 0 aliphatic carbocycles. The molecule has 1 aromatic heterocycles. The van der Waals surface area contributed by atoms with Crippen LogP contribution in [0.3, 0.4) is 0 Å². The van der Waals surface area contributed by atoms with Crippen LogP contribution in [0.15, 0.2) is 60.8 Å². The molecule has 1 fully saturated rings. The van der Waals surface area contributed by atoms with Crippen LogP contribution in [-0.2, 0) is 64.1 Å². The van der Waals surface area contributed by atoms with Crippen molar-refractivity contribution in [1.82, 2.24) is 45.9 Å². The molecule has 2 aromatic carbocycles. The fraction of sp³-hybridized carbons (Fsp3) is 0.517. The quantitative estimate of drug-likeness (QED) is 0.0311. The normalized spacial score (nSPS) is 15.3. The zero-order valence-electron chi connectivity index (χ0n) is 48.8. The Kier molecular flexibility index (Phi) is 25.8. The predicted molar refractivity (Wildman–Crippen MR) is 301 cm³/mol. The van der Waals surface area contributed by atoms with Gasteiger partial charge in [-0.05, 0) is 74.8 Å². The van der Waals surface area contributed by atoms with Gasteiger partial charge in [0.2, 0.25) is 59.1 Å². The number of primary amides is 1. The molecule has 0 radical (unpaired) electrons. The number of hydrogen-bond acceptors (Lipinski definition) is 13. The number of nitrogens with one attached hydrogen (secondary N) is 5. The first-order chi connectivity index (χ1) is 39.9. The summed E-state index contributed by atoms with van der Waals surface area (Å²) in [6.45, 7) is 8.03. The molecule has 1 unspecified atom stereocenters. The van der Waals surface area contributed by atoms with Crippen LogP contribution < -0.4 is 32.3 Å². The zero-order valence-corrected chi connectivity index (χ0v) is 48.8. The van der Waals surface area contributed by atoms with Crippen LogP contribution in [0.5, 0.6) is 0 Å². The maximum atomic E-state index is 15.4. The van der Waals surface area contributed by atoms with Crippen LogP contribution in [0.4, 0.5) is 8.78 Å². The van der Waals surface area contributed by atoms with Crippen LogP contribution in [-0.4, -0.2) is 169 Å². The fourth-order valence-corrected chi connectivity index (χ4v) is 9.69.